The van der Waals surface area contributed by atoms with Crippen LogP contribution in [0.2, 0.25) is 0 Å². The Morgan fingerprint density at radius 1 is 1.26 bits per heavy atom. The first kappa shape index (κ1) is 16.2. The SMILES string of the molecule is CC(C)N(CCBr)C(=O)c1ccccc1C(C)(C)C. The van der Waals surface area contributed by atoms with Crippen LogP contribution in [0.15, 0.2) is 24.3 Å². The third-order valence-electron chi connectivity index (χ3n) is 3.18. The average molecular weight is 326 g/mol. The van der Waals surface area contributed by atoms with Crippen molar-refractivity contribution in [2.24, 2.45) is 0 Å². The Balaban J connectivity index is 3.18. The molecule has 1 rings (SSSR count). The normalized spacial score (nSPS) is 11.7. The van der Waals surface area contributed by atoms with E-state index in [2.05, 4.69) is 56.6 Å². The predicted molar refractivity (Wildman–Crippen MR) is 85.1 cm³/mol. The smallest absolute Gasteiger partial charge is 0.254 e. The summed E-state index contributed by atoms with van der Waals surface area (Å²) in [4.78, 5) is 14.7. The van der Waals surface area contributed by atoms with Crippen molar-refractivity contribution >= 4 is 21.8 Å². The number of carbonyl (C=O) groups excluding carboxylic acids is 1. The van der Waals surface area contributed by atoms with Crippen LogP contribution in [0.4, 0.5) is 0 Å². The Hall–Kier alpha value is -0.830. The third-order valence-corrected chi connectivity index (χ3v) is 3.53. The number of alkyl halides is 1. The lowest BCUT2D eigenvalue weighted by Crippen LogP contribution is -2.39. The maximum Gasteiger partial charge on any atom is 0.254 e. The monoisotopic (exact) mass is 325 g/mol. The highest BCUT2D eigenvalue weighted by molar-refractivity contribution is 9.09. The highest BCUT2D eigenvalue weighted by Gasteiger charge is 2.25. The van der Waals surface area contributed by atoms with Crippen LogP contribution in [-0.4, -0.2) is 28.7 Å². The molecule has 1 amide bonds. The summed E-state index contributed by atoms with van der Waals surface area (Å²) in [6.07, 6.45) is 0. The van der Waals surface area contributed by atoms with Gasteiger partial charge in [-0.25, -0.2) is 0 Å². The van der Waals surface area contributed by atoms with Crippen molar-refractivity contribution in [1.82, 2.24) is 4.90 Å². The number of halogens is 1. The van der Waals surface area contributed by atoms with E-state index < -0.39 is 0 Å². The van der Waals surface area contributed by atoms with E-state index in [0.29, 0.717) is 0 Å². The maximum absolute atomic E-state index is 12.7. The van der Waals surface area contributed by atoms with Gasteiger partial charge in [-0.3, -0.25) is 4.79 Å². The van der Waals surface area contributed by atoms with Crippen LogP contribution in [0.25, 0.3) is 0 Å². The molecule has 3 heteroatoms. The Morgan fingerprint density at radius 2 is 1.84 bits per heavy atom. The summed E-state index contributed by atoms with van der Waals surface area (Å²) < 4.78 is 0. The largest absolute Gasteiger partial charge is 0.335 e. The number of carbonyl (C=O) groups is 1. The number of rotatable bonds is 4. The van der Waals surface area contributed by atoms with Crippen molar-refractivity contribution in [3.05, 3.63) is 35.4 Å². The van der Waals surface area contributed by atoms with Crippen molar-refractivity contribution < 1.29 is 4.79 Å². The van der Waals surface area contributed by atoms with E-state index in [1.54, 1.807) is 0 Å². The minimum Gasteiger partial charge on any atom is -0.335 e. The molecule has 0 radical (unpaired) electrons. The van der Waals surface area contributed by atoms with Gasteiger partial charge in [0.15, 0.2) is 0 Å². The van der Waals surface area contributed by atoms with Gasteiger partial charge in [-0.2, -0.15) is 0 Å². The molecule has 1 aromatic carbocycles. The van der Waals surface area contributed by atoms with E-state index in [4.69, 9.17) is 0 Å². The lowest BCUT2D eigenvalue weighted by Gasteiger charge is -2.29. The van der Waals surface area contributed by atoms with E-state index in [1.807, 2.05) is 23.1 Å². The molecule has 1 aromatic rings. The quantitative estimate of drug-likeness (QED) is 0.758. The van der Waals surface area contributed by atoms with Crippen LogP contribution in [0.3, 0.4) is 0 Å². The molecule has 2 nitrogen and oxygen atoms in total. The van der Waals surface area contributed by atoms with Gasteiger partial charge < -0.3 is 4.90 Å². The summed E-state index contributed by atoms with van der Waals surface area (Å²) in [7, 11) is 0. The molecular formula is C16H24BrNO. The Morgan fingerprint density at radius 3 is 2.32 bits per heavy atom. The van der Waals surface area contributed by atoms with E-state index in [0.717, 1.165) is 23.0 Å². The Bertz CT molecular complexity index is 435. The van der Waals surface area contributed by atoms with Crippen LogP contribution < -0.4 is 0 Å². The maximum atomic E-state index is 12.7. The average Bonchev–Trinajstić information content (AvgIpc) is 2.33. The second-order valence-corrected chi connectivity index (χ2v) is 6.87. The van der Waals surface area contributed by atoms with Crippen LogP contribution in [0.1, 0.15) is 50.5 Å². The fourth-order valence-corrected chi connectivity index (χ4v) is 2.55. The Labute approximate surface area is 125 Å². The lowest BCUT2D eigenvalue weighted by atomic mass is 9.83. The molecule has 106 valence electrons. The zero-order valence-electron chi connectivity index (χ0n) is 12.5. The van der Waals surface area contributed by atoms with Crippen LogP contribution in [0.5, 0.6) is 0 Å². The summed E-state index contributed by atoms with van der Waals surface area (Å²) in [6, 6.07) is 8.14. The van der Waals surface area contributed by atoms with Crippen molar-refractivity contribution in [2.45, 2.75) is 46.1 Å². The number of benzene rings is 1. The first-order valence-electron chi connectivity index (χ1n) is 6.75. The van der Waals surface area contributed by atoms with Crippen molar-refractivity contribution in [3.63, 3.8) is 0 Å². The highest BCUT2D eigenvalue weighted by atomic mass is 79.9. The van der Waals surface area contributed by atoms with Gasteiger partial charge in [-0.05, 0) is 30.9 Å². The zero-order valence-corrected chi connectivity index (χ0v) is 14.1. The van der Waals surface area contributed by atoms with Gasteiger partial charge in [0, 0.05) is 23.5 Å². The molecule has 0 aromatic heterocycles. The molecule has 0 atom stereocenters. The second-order valence-electron chi connectivity index (χ2n) is 6.08. The lowest BCUT2D eigenvalue weighted by molar-refractivity contribution is 0.0717. The molecule has 0 aliphatic carbocycles. The molecular weight excluding hydrogens is 302 g/mol. The van der Waals surface area contributed by atoms with Gasteiger partial charge >= 0.3 is 0 Å². The molecule has 0 fully saturated rings. The molecule has 0 heterocycles. The van der Waals surface area contributed by atoms with Crippen molar-refractivity contribution in [2.75, 3.05) is 11.9 Å². The first-order valence-corrected chi connectivity index (χ1v) is 7.87. The second kappa shape index (κ2) is 6.56. The fourth-order valence-electron chi connectivity index (χ4n) is 2.16. The summed E-state index contributed by atoms with van der Waals surface area (Å²) >= 11 is 3.42. The van der Waals surface area contributed by atoms with E-state index in [1.165, 1.54) is 0 Å². The number of hydrogen-bond donors (Lipinski definition) is 0. The van der Waals surface area contributed by atoms with Gasteiger partial charge in [-0.15, -0.1) is 0 Å². The molecule has 0 aliphatic rings. The zero-order chi connectivity index (χ0) is 14.6. The molecule has 0 saturated heterocycles. The Kier molecular flexibility index (Phi) is 5.60. The van der Waals surface area contributed by atoms with Gasteiger partial charge in [0.1, 0.15) is 0 Å². The van der Waals surface area contributed by atoms with Crippen LogP contribution in [0, 0.1) is 0 Å². The minimum atomic E-state index is -0.0245. The predicted octanol–water partition coefficient (Wildman–Crippen LogP) is 4.23. The summed E-state index contributed by atoms with van der Waals surface area (Å²) in [5.41, 5.74) is 1.91. The van der Waals surface area contributed by atoms with Crippen molar-refractivity contribution in [3.8, 4) is 0 Å². The fraction of sp³-hybridized carbons (Fsp3) is 0.562. The van der Waals surface area contributed by atoms with Gasteiger partial charge in [-0.1, -0.05) is 54.9 Å². The molecule has 19 heavy (non-hydrogen) atoms. The van der Waals surface area contributed by atoms with Gasteiger partial charge in [0.25, 0.3) is 5.91 Å². The van der Waals surface area contributed by atoms with Crippen molar-refractivity contribution in [1.29, 1.82) is 0 Å². The third kappa shape index (κ3) is 4.07. The number of amides is 1. The summed E-state index contributed by atoms with van der Waals surface area (Å²) in [6.45, 7) is 11.3. The molecule has 0 bridgehead atoms. The molecule has 0 aliphatic heterocycles. The van der Waals surface area contributed by atoms with E-state index in [-0.39, 0.29) is 17.4 Å². The topological polar surface area (TPSA) is 20.3 Å². The molecule has 0 saturated carbocycles. The summed E-state index contributed by atoms with van der Waals surface area (Å²) in [5.74, 6) is 0.125. The van der Waals surface area contributed by atoms with Gasteiger partial charge in [0.2, 0.25) is 0 Å². The molecule has 0 unspecified atom stereocenters. The van der Waals surface area contributed by atoms with E-state index in [9.17, 15) is 4.79 Å². The first-order chi connectivity index (χ1) is 8.79. The highest BCUT2D eigenvalue weighted by Crippen LogP contribution is 2.27. The van der Waals surface area contributed by atoms with Crippen LogP contribution >= 0.6 is 15.9 Å². The summed E-state index contributed by atoms with van der Waals surface area (Å²) in [5, 5.41) is 0.800. The minimum absolute atomic E-state index is 0.0245. The standard InChI is InChI=1S/C16H24BrNO/c1-12(2)18(11-10-17)15(19)13-8-6-7-9-14(13)16(3,4)5/h6-9,12H,10-11H2,1-5H3. The number of hydrogen-bond acceptors (Lipinski definition) is 1. The van der Waals surface area contributed by atoms with Crippen LogP contribution in [-0.2, 0) is 5.41 Å². The van der Waals surface area contributed by atoms with Gasteiger partial charge in [0.05, 0.1) is 0 Å². The molecule has 0 N–H and O–H groups in total. The molecule has 0 spiro atoms. The van der Waals surface area contributed by atoms with E-state index >= 15 is 0 Å². The number of nitrogens with zero attached hydrogens (tertiary/aromatic N) is 1.